The SMILES string of the molecule is CCC(C)C(C)NCC1CCCN1. The number of nitrogens with one attached hydrogen (secondary N) is 2. The van der Waals surface area contributed by atoms with E-state index >= 15 is 0 Å². The van der Waals surface area contributed by atoms with Gasteiger partial charge in [-0.25, -0.2) is 0 Å². The van der Waals surface area contributed by atoms with Crippen molar-refractivity contribution in [2.24, 2.45) is 5.92 Å². The fourth-order valence-corrected chi connectivity index (χ4v) is 1.81. The summed E-state index contributed by atoms with van der Waals surface area (Å²) < 4.78 is 0. The largest absolute Gasteiger partial charge is 0.313 e. The Labute approximate surface area is 82.5 Å². The summed E-state index contributed by atoms with van der Waals surface area (Å²) in [5.74, 6) is 0.793. The summed E-state index contributed by atoms with van der Waals surface area (Å²) >= 11 is 0. The van der Waals surface area contributed by atoms with Crippen molar-refractivity contribution < 1.29 is 0 Å². The van der Waals surface area contributed by atoms with E-state index < -0.39 is 0 Å². The van der Waals surface area contributed by atoms with Gasteiger partial charge in [0.2, 0.25) is 0 Å². The van der Waals surface area contributed by atoms with Gasteiger partial charge in [-0.2, -0.15) is 0 Å². The predicted molar refractivity (Wildman–Crippen MR) is 57.9 cm³/mol. The van der Waals surface area contributed by atoms with Crippen molar-refractivity contribution >= 4 is 0 Å². The predicted octanol–water partition coefficient (Wildman–Crippen LogP) is 1.76. The molecule has 1 rings (SSSR count). The second-order valence-corrected chi connectivity index (χ2v) is 4.38. The third kappa shape index (κ3) is 3.65. The molecule has 0 aromatic rings. The summed E-state index contributed by atoms with van der Waals surface area (Å²) in [5, 5.41) is 7.12. The van der Waals surface area contributed by atoms with E-state index in [0.717, 1.165) is 18.5 Å². The fraction of sp³-hybridized carbons (Fsp3) is 1.00. The summed E-state index contributed by atoms with van der Waals surface area (Å²) in [6.07, 6.45) is 3.97. The minimum absolute atomic E-state index is 0.660. The van der Waals surface area contributed by atoms with Gasteiger partial charge in [0.15, 0.2) is 0 Å². The van der Waals surface area contributed by atoms with Crippen LogP contribution in [0.2, 0.25) is 0 Å². The first-order valence-corrected chi connectivity index (χ1v) is 5.70. The van der Waals surface area contributed by atoms with Crippen LogP contribution in [0.3, 0.4) is 0 Å². The van der Waals surface area contributed by atoms with Gasteiger partial charge in [0.1, 0.15) is 0 Å². The highest BCUT2D eigenvalue weighted by molar-refractivity contribution is 4.78. The monoisotopic (exact) mass is 184 g/mol. The molecule has 0 spiro atoms. The Morgan fingerprint density at radius 3 is 2.77 bits per heavy atom. The van der Waals surface area contributed by atoms with E-state index in [1.54, 1.807) is 0 Å². The van der Waals surface area contributed by atoms with Crippen molar-refractivity contribution in [3.63, 3.8) is 0 Å². The van der Waals surface area contributed by atoms with Crippen LogP contribution in [0.25, 0.3) is 0 Å². The Morgan fingerprint density at radius 1 is 1.46 bits per heavy atom. The first-order chi connectivity index (χ1) is 6.24. The van der Waals surface area contributed by atoms with Gasteiger partial charge < -0.3 is 10.6 Å². The van der Waals surface area contributed by atoms with Crippen LogP contribution in [0.5, 0.6) is 0 Å². The van der Waals surface area contributed by atoms with E-state index in [9.17, 15) is 0 Å². The normalized spacial score (nSPS) is 27.5. The lowest BCUT2D eigenvalue weighted by Crippen LogP contribution is -2.40. The first-order valence-electron chi connectivity index (χ1n) is 5.70. The maximum atomic E-state index is 3.61. The van der Waals surface area contributed by atoms with Crippen molar-refractivity contribution in [1.82, 2.24) is 10.6 Å². The molecule has 0 amide bonds. The van der Waals surface area contributed by atoms with Crippen LogP contribution in [0.1, 0.15) is 40.0 Å². The highest BCUT2D eigenvalue weighted by Gasteiger charge is 2.16. The van der Waals surface area contributed by atoms with Gasteiger partial charge in [0, 0.05) is 18.6 Å². The van der Waals surface area contributed by atoms with Gasteiger partial charge >= 0.3 is 0 Å². The second-order valence-electron chi connectivity index (χ2n) is 4.38. The molecule has 0 aromatic carbocycles. The van der Waals surface area contributed by atoms with Crippen molar-refractivity contribution in [3.05, 3.63) is 0 Å². The summed E-state index contributed by atoms with van der Waals surface area (Å²) in [7, 11) is 0. The van der Waals surface area contributed by atoms with Crippen molar-refractivity contribution in [2.45, 2.75) is 52.1 Å². The zero-order valence-electron chi connectivity index (χ0n) is 9.27. The molecule has 0 saturated carbocycles. The summed E-state index contributed by atoms with van der Waals surface area (Å²) in [4.78, 5) is 0. The molecular formula is C11H24N2. The molecule has 0 aromatic heterocycles. The number of hydrogen-bond donors (Lipinski definition) is 2. The van der Waals surface area contributed by atoms with E-state index in [4.69, 9.17) is 0 Å². The zero-order chi connectivity index (χ0) is 9.68. The summed E-state index contributed by atoms with van der Waals surface area (Å²) in [5.41, 5.74) is 0. The molecule has 2 heteroatoms. The first kappa shape index (κ1) is 11.0. The molecule has 0 radical (unpaired) electrons. The smallest absolute Gasteiger partial charge is 0.0193 e. The van der Waals surface area contributed by atoms with Crippen LogP contribution in [0.4, 0.5) is 0 Å². The van der Waals surface area contributed by atoms with E-state index in [1.807, 2.05) is 0 Å². The molecule has 3 unspecified atom stereocenters. The van der Waals surface area contributed by atoms with Crippen LogP contribution >= 0.6 is 0 Å². The van der Waals surface area contributed by atoms with E-state index in [1.165, 1.54) is 25.8 Å². The van der Waals surface area contributed by atoms with E-state index in [2.05, 4.69) is 31.4 Å². The van der Waals surface area contributed by atoms with Gasteiger partial charge in [0.25, 0.3) is 0 Å². The zero-order valence-corrected chi connectivity index (χ0v) is 9.27. The molecule has 2 nitrogen and oxygen atoms in total. The fourth-order valence-electron chi connectivity index (χ4n) is 1.81. The molecular weight excluding hydrogens is 160 g/mol. The third-order valence-electron chi connectivity index (χ3n) is 3.35. The molecule has 3 atom stereocenters. The maximum absolute atomic E-state index is 3.61. The molecule has 1 fully saturated rings. The average Bonchev–Trinajstić information content (AvgIpc) is 2.65. The molecule has 1 aliphatic rings. The van der Waals surface area contributed by atoms with Crippen LogP contribution in [-0.2, 0) is 0 Å². The average molecular weight is 184 g/mol. The Balaban J connectivity index is 2.10. The minimum atomic E-state index is 0.660. The van der Waals surface area contributed by atoms with Crippen LogP contribution in [0.15, 0.2) is 0 Å². The highest BCUT2D eigenvalue weighted by atomic mass is 15.0. The molecule has 1 aliphatic heterocycles. The Bertz CT molecular complexity index is 130. The summed E-state index contributed by atoms with van der Waals surface area (Å²) in [6.45, 7) is 9.23. The standard InChI is InChI=1S/C11H24N2/c1-4-9(2)10(3)13-8-11-6-5-7-12-11/h9-13H,4-8H2,1-3H3. The summed E-state index contributed by atoms with van der Waals surface area (Å²) in [6, 6.07) is 1.39. The topological polar surface area (TPSA) is 24.1 Å². The molecule has 2 N–H and O–H groups in total. The van der Waals surface area contributed by atoms with Gasteiger partial charge in [-0.15, -0.1) is 0 Å². The lowest BCUT2D eigenvalue weighted by atomic mass is 10.0. The lowest BCUT2D eigenvalue weighted by molar-refractivity contribution is 0.373. The Kier molecular flexibility index (Phi) is 4.74. The van der Waals surface area contributed by atoms with Crippen molar-refractivity contribution in [3.8, 4) is 0 Å². The van der Waals surface area contributed by atoms with Gasteiger partial charge in [-0.3, -0.25) is 0 Å². The molecule has 78 valence electrons. The third-order valence-corrected chi connectivity index (χ3v) is 3.35. The Morgan fingerprint density at radius 2 is 2.23 bits per heavy atom. The van der Waals surface area contributed by atoms with Gasteiger partial charge in [-0.1, -0.05) is 20.3 Å². The molecule has 0 bridgehead atoms. The van der Waals surface area contributed by atoms with Gasteiger partial charge in [-0.05, 0) is 32.2 Å². The number of rotatable bonds is 5. The minimum Gasteiger partial charge on any atom is -0.313 e. The van der Waals surface area contributed by atoms with E-state index in [0.29, 0.717) is 6.04 Å². The second kappa shape index (κ2) is 5.61. The van der Waals surface area contributed by atoms with Crippen molar-refractivity contribution in [2.75, 3.05) is 13.1 Å². The van der Waals surface area contributed by atoms with Crippen molar-refractivity contribution in [1.29, 1.82) is 0 Å². The van der Waals surface area contributed by atoms with Crippen LogP contribution in [-0.4, -0.2) is 25.2 Å². The van der Waals surface area contributed by atoms with Crippen LogP contribution in [0, 0.1) is 5.92 Å². The van der Waals surface area contributed by atoms with E-state index in [-0.39, 0.29) is 0 Å². The highest BCUT2D eigenvalue weighted by Crippen LogP contribution is 2.08. The van der Waals surface area contributed by atoms with Gasteiger partial charge in [0.05, 0.1) is 0 Å². The molecule has 1 heterocycles. The van der Waals surface area contributed by atoms with Crippen LogP contribution < -0.4 is 10.6 Å². The lowest BCUT2D eigenvalue weighted by Gasteiger charge is -2.22. The quantitative estimate of drug-likeness (QED) is 0.680. The Hall–Kier alpha value is -0.0800. The maximum Gasteiger partial charge on any atom is 0.0193 e. The molecule has 13 heavy (non-hydrogen) atoms. The molecule has 1 saturated heterocycles. The number of hydrogen-bond acceptors (Lipinski definition) is 2. The molecule has 0 aliphatic carbocycles.